The summed E-state index contributed by atoms with van der Waals surface area (Å²) in [5.74, 6) is 0. The molecular formula is C25H18N8. The van der Waals surface area contributed by atoms with Crippen molar-refractivity contribution in [2.24, 2.45) is 0 Å². The quantitative estimate of drug-likeness (QED) is 0.438. The Labute approximate surface area is 189 Å². The van der Waals surface area contributed by atoms with Gasteiger partial charge in [0.2, 0.25) is 0 Å². The van der Waals surface area contributed by atoms with Gasteiger partial charge in [0.25, 0.3) is 0 Å². The number of hydrogen-bond donors (Lipinski definition) is 1. The highest BCUT2D eigenvalue weighted by Crippen LogP contribution is 2.31. The van der Waals surface area contributed by atoms with Gasteiger partial charge in [0, 0.05) is 29.2 Å². The largest absolute Gasteiger partial charge is 0.284 e. The lowest BCUT2D eigenvalue weighted by Crippen LogP contribution is -1.93. The Hall–Kier alpha value is -4.72. The molecular weight excluding hydrogens is 412 g/mol. The topological polar surface area (TPSA) is 98.1 Å². The van der Waals surface area contributed by atoms with Crippen molar-refractivity contribution in [1.29, 1.82) is 0 Å². The smallest absolute Gasteiger partial charge is 0.120 e. The first-order chi connectivity index (χ1) is 16.3. The maximum Gasteiger partial charge on any atom is 0.120 e. The first kappa shape index (κ1) is 19.0. The molecule has 0 unspecified atom stereocenters. The summed E-state index contributed by atoms with van der Waals surface area (Å²) in [6, 6.07) is 21.6. The zero-order chi connectivity index (χ0) is 22.2. The number of aromatic amines is 1. The van der Waals surface area contributed by atoms with Gasteiger partial charge in [-0.1, -0.05) is 29.5 Å². The summed E-state index contributed by atoms with van der Waals surface area (Å²) >= 11 is 0. The van der Waals surface area contributed by atoms with Crippen molar-refractivity contribution in [3.8, 4) is 39.6 Å². The Morgan fingerprint density at radius 1 is 0.788 bits per heavy atom. The number of aromatic nitrogens is 8. The lowest BCUT2D eigenvalue weighted by atomic mass is 10.1. The van der Waals surface area contributed by atoms with E-state index < -0.39 is 0 Å². The van der Waals surface area contributed by atoms with E-state index in [1.165, 1.54) is 0 Å². The van der Waals surface area contributed by atoms with E-state index in [-0.39, 0.29) is 0 Å². The number of aryl methyl sites for hydroxylation is 1. The molecule has 33 heavy (non-hydrogen) atoms. The van der Waals surface area contributed by atoms with Crippen molar-refractivity contribution < 1.29 is 0 Å². The minimum atomic E-state index is 0.726. The summed E-state index contributed by atoms with van der Waals surface area (Å²) < 4.78 is 1.75. The number of nitrogens with zero attached hydrogens (tertiary/aromatic N) is 7. The van der Waals surface area contributed by atoms with Gasteiger partial charge in [-0.2, -0.15) is 5.10 Å². The van der Waals surface area contributed by atoms with Crippen LogP contribution < -0.4 is 0 Å². The van der Waals surface area contributed by atoms with Crippen LogP contribution in [0.25, 0.3) is 50.6 Å². The van der Waals surface area contributed by atoms with E-state index in [0.29, 0.717) is 0 Å². The van der Waals surface area contributed by atoms with E-state index >= 15 is 0 Å². The van der Waals surface area contributed by atoms with Crippen LogP contribution >= 0.6 is 0 Å². The molecule has 0 fully saturated rings. The molecule has 6 aromatic rings. The third kappa shape index (κ3) is 3.43. The number of H-pyrrole nitrogens is 1. The average Bonchev–Trinajstić information content (AvgIpc) is 3.54. The summed E-state index contributed by atoms with van der Waals surface area (Å²) in [4.78, 5) is 14.1. The number of rotatable bonds is 4. The minimum Gasteiger partial charge on any atom is -0.284 e. The zero-order valence-electron chi connectivity index (χ0n) is 17.7. The molecule has 0 amide bonds. The summed E-state index contributed by atoms with van der Waals surface area (Å²) in [6.07, 6.45) is 5.51. The highest BCUT2D eigenvalue weighted by atomic mass is 15.4. The second-order valence-electron chi connectivity index (χ2n) is 7.62. The van der Waals surface area contributed by atoms with Crippen molar-refractivity contribution in [3.05, 3.63) is 91.0 Å². The predicted molar refractivity (Wildman–Crippen MR) is 125 cm³/mol. The van der Waals surface area contributed by atoms with E-state index in [4.69, 9.17) is 4.98 Å². The molecule has 0 aliphatic rings. The standard InChI is InChI=1S/C25H18N8/c1-16-6-5-9-22(28-16)25-19(14-27-31-25)20-10-11-21-24(29-20)18(12-13-26-21)23-15-33(32-30-23)17-7-3-2-4-8-17/h2-15H,1H3,(H,27,31). The molecule has 5 aromatic heterocycles. The minimum absolute atomic E-state index is 0.726. The molecule has 0 aliphatic carbocycles. The van der Waals surface area contributed by atoms with Crippen molar-refractivity contribution in [3.63, 3.8) is 0 Å². The van der Waals surface area contributed by atoms with E-state index in [1.54, 1.807) is 10.9 Å². The van der Waals surface area contributed by atoms with Gasteiger partial charge in [0.05, 0.1) is 34.3 Å². The molecule has 158 valence electrons. The third-order valence-electron chi connectivity index (χ3n) is 5.42. The van der Waals surface area contributed by atoms with Gasteiger partial charge in [0.15, 0.2) is 0 Å². The fourth-order valence-electron chi connectivity index (χ4n) is 3.83. The molecule has 0 aliphatic heterocycles. The maximum absolute atomic E-state index is 4.96. The number of nitrogens with one attached hydrogen (secondary N) is 1. The van der Waals surface area contributed by atoms with Crippen LogP contribution in [0.5, 0.6) is 0 Å². The molecule has 0 radical (unpaired) electrons. The molecule has 0 saturated carbocycles. The fraction of sp³-hybridized carbons (Fsp3) is 0.0400. The SMILES string of the molecule is Cc1cccc(-c2n[nH]cc2-c2ccc3nccc(-c4cn(-c5ccccc5)nn4)c3n2)n1. The zero-order valence-corrected chi connectivity index (χ0v) is 17.7. The molecule has 8 heteroatoms. The summed E-state index contributed by atoms with van der Waals surface area (Å²) in [6.45, 7) is 1.96. The molecule has 8 nitrogen and oxygen atoms in total. The second kappa shape index (κ2) is 7.76. The van der Waals surface area contributed by atoms with Crippen molar-refractivity contribution >= 4 is 11.0 Å². The molecule has 0 saturated heterocycles. The third-order valence-corrected chi connectivity index (χ3v) is 5.42. The van der Waals surface area contributed by atoms with Crippen LogP contribution in [0, 0.1) is 6.92 Å². The Bertz CT molecular complexity index is 1580. The lowest BCUT2D eigenvalue weighted by molar-refractivity contribution is 0.804. The Kier molecular flexibility index (Phi) is 4.47. The Morgan fingerprint density at radius 2 is 1.70 bits per heavy atom. The van der Waals surface area contributed by atoms with Crippen LogP contribution in [0.1, 0.15) is 5.69 Å². The Morgan fingerprint density at radius 3 is 2.58 bits per heavy atom. The van der Waals surface area contributed by atoms with Gasteiger partial charge < -0.3 is 0 Å². The van der Waals surface area contributed by atoms with E-state index in [0.717, 1.165) is 56.3 Å². The van der Waals surface area contributed by atoms with Crippen molar-refractivity contribution in [1.82, 2.24) is 40.1 Å². The summed E-state index contributed by atoms with van der Waals surface area (Å²) in [5.41, 5.74) is 8.20. The van der Waals surface area contributed by atoms with Gasteiger partial charge in [-0.25, -0.2) is 9.67 Å². The molecule has 1 aromatic carbocycles. The first-order valence-electron chi connectivity index (χ1n) is 10.5. The molecule has 1 N–H and O–H groups in total. The van der Waals surface area contributed by atoms with Crippen LogP contribution in [0.4, 0.5) is 0 Å². The number of hydrogen-bond acceptors (Lipinski definition) is 6. The molecule has 0 spiro atoms. The van der Waals surface area contributed by atoms with Crippen LogP contribution in [0.3, 0.4) is 0 Å². The molecule has 5 heterocycles. The maximum atomic E-state index is 4.96. The van der Waals surface area contributed by atoms with Gasteiger partial charge in [-0.3, -0.25) is 15.1 Å². The van der Waals surface area contributed by atoms with Gasteiger partial charge >= 0.3 is 0 Å². The summed E-state index contributed by atoms with van der Waals surface area (Å²) in [7, 11) is 0. The number of pyridine rings is 3. The molecule has 6 rings (SSSR count). The van der Waals surface area contributed by atoms with Crippen LogP contribution in [-0.2, 0) is 0 Å². The first-order valence-corrected chi connectivity index (χ1v) is 10.5. The highest BCUT2D eigenvalue weighted by Gasteiger charge is 2.16. The average molecular weight is 430 g/mol. The fourth-order valence-corrected chi connectivity index (χ4v) is 3.83. The normalized spacial score (nSPS) is 11.2. The van der Waals surface area contributed by atoms with Crippen LogP contribution in [0.15, 0.2) is 85.3 Å². The number of fused-ring (bicyclic) bond motifs is 1. The van der Waals surface area contributed by atoms with Gasteiger partial charge in [0.1, 0.15) is 11.4 Å². The highest BCUT2D eigenvalue weighted by molar-refractivity contribution is 5.92. The number of benzene rings is 1. The van der Waals surface area contributed by atoms with Crippen molar-refractivity contribution in [2.45, 2.75) is 6.92 Å². The second-order valence-corrected chi connectivity index (χ2v) is 7.62. The number of para-hydroxylation sites is 1. The van der Waals surface area contributed by atoms with E-state index in [9.17, 15) is 0 Å². The van der Waals surface area contributed by atoms with Crippen LogP contribution in [-0.4, -0.2) is 40.1 Å². The monoisotopic (exact) mass is 430 g/mol. The van der Waals surface area contributed by atoms with Crippen LogP contribution in [0.2, 0.25) is 0 Å². The van der Waals surface area contributed by atoms with E-state index in [2.05, 4.69) is 30.5 Å². The summed E-state index contributed by atoms with van der Waals surface area (Å²) in [5, 5.41) is 16.1. The van der Waals surface area contributed by atoms with Gasteiger partial charge in [-0.15, -0.1) is 5.10 Å². The Balaban J connectivity index is 1.47. The lowest BCUT2D eigenvalue weighted by Gasteiger charge is -2.06. The molecule has 0 bridgehead atoms. The van der Waals surface area contributed by atoms with E-state index in [1.807, 2.05) is 86.0 Å². The predicted octanol–water partition coefficient (Wildman–Crippen LogP) is 4.64. The molecule has 0 atom stereocenters. The van der Waals surface area contributed by atoms with Gasteiger partial charge in [-0.05, 0) is 49.4 Å². The van der Waals surface area contributed by atoms with Crippen molar-refractivity contribution in [2.75, 3.05) is 0 Å².